The number of phenolic OH excluding ortho intramolecular Hbond substituents is 1. The molecule has 2 heterocycles. The van der Waals surface area contributed by atoms with Gasteiger partial charge in [-0.05, 0) is 59.8 Å². The number of hydrogen-bond donors (Lipinski definition) is 7. The number of nitrogens with one attached hydrogen (secondary N) is 4. The molecule has 2 aromatic carbocycles. The van der Waals surface area contributed by atoms with E-state index in [-0.39, 0.29) is 27.8 Å². The number of aromatic hydroxyl groups is 2. The minimum atomic E-state index is -0.495. The molecule has 0 spiro atoms. The summed E-state index contributed by atoms with van der Waals surface area (Å²) in [5.41, 5.74) is 10.0. The van der Waals surface area contributed by atoms with Gasteiger partial charge in [0.1, 0.15) is 11.3 Å². The summed E-state index contributed by atoms with van der Waals surface area (Å²) in [7, 11) is 0. The number of hydrogen-bond acceptors (Lipinski definition) is 8. The van der Waals surface area contributed by atoms with E-state index in [4.69, 9.17) is 23.6 Å². The average molecular weight is 490 g/mol. The molecular formula is C24H23N7O3S. The summed E-state index contributed by atoms with van der Waals surface area (Å²) in [6.07, 6.45) is 2.10. The zero-order valence-electron chi connectivity index (χ0n) is 18.4. The van der Waals surface area contributed by atoms with E-state index in [0.29, 0.717) is 23.5 Å². The van der Waals surface area contributed by atoms with Crippen LogP contribution in [0.1, 0.15) is 11.1 Å². The van der Waals surface area contributed by atoms with Crippen molar-refractivity contribution >= 4 is 24.1 Å². The Kier molecular flexibility index (Phi) is 6.90. The molecule has 0 unspecified atom stereocenters. The van der Waals surface area contributed by atoms with Gasteiger partial charge in [-0.2, -0.15) is 0 Å². The van der Waals surface area contributed by atoms with Crippen molar-refractivity contribution in [3.05, 3.63) is 108 Å². The molecule has 0 atom stereocenters. The van der Waals surface area contributed by atoms with Gasteiger partial charge in [0.05, 0.1) is 0 Å². The van der Waals surface area contributed by atoms with Crippen molar-refractivity contribution in [2.75, 3.05) is 0 Å². The van der Waals surface area contributed by atoms with Crippen LogP contribution in [0, 0.1) is 20.9 Å². The van der Waals surface area contributed by atoms with Crippen LogP contribution < -0.4 is 27.4 Å². The first-order valence-electron chi connectivity index (χ1n) is 10.6. The van der Waals surface area contributed by atoms with Gasteiger partial charge in [0.25, 0.3) is 5.56 Å². The molecule has 0 radical (unpaired) electrons. The highest BCUT2D eigenvalue weighted by atomic mass is 32.1. The van der Waals surface area contributed by atoms with Crippen LogP contribution in [0.25, 0.3) is 11.9 Å². The van der Waals surface area contributed by atoms with Gasteiger partial charge in [-0.3, -0.25) is 14.3 Å². The fourth-order valence-electron chi connectivity index (χ4n) is 3.62. The fourth-order valence-corrected chi connectivity index (χ4v) is 3.89. The molecule has 10 nitrogen and oxygen atoms in total. The molecule has 35 heavy (non-hydrogen) atoms. The molecule has 4 aromatic rings. The number of phenols is 1. The van der Waals surface area contributed by atoms with Gasteiger partial charge in [0.2, 0.25) is 5.88 Å². The SMILES string of the molecule is N=NC(NN)=c1ccc(=c2cc/c(=C\c3c(O)n(CCc4ccc(O)cc4)c(=S)[nH]c3=O)[nH]2)cc1. The topological polar surface area (TPSA) is 168 Å². The van der Waals surface area contributed by atoms with Crippen molar-refractivity contribution in [3.63, 3.8) is 0 Å². The van der Waals surface area contributed by atoms with E-state index in [0.717, 1.165) is 16.1 Å². The van der Waals surface area contributed by atoms with Crippen molar-refractivity contribution < 1.29 is 10.2 Å². The lowest BCUT2D eigenvalue weighted by Gasteiger charge is -2.11. The fraction of sp³-hybridized carbons (Fsp3) is 0.0833. The number of aromatic nitrogens is 3. The maximum absolute atomic E-state index is 12.6. The van der Waals surface area contributed by atoms with E-state index in [1.54, 1.807) is 48.5 Å². The molecule has 0 aliphatic heterocycles. The van der Waals surface area contributed by atoms with Crippen molar-refractivity contribution in [1.29, 1.82) is 5.53 Å². The number of benzene rings is 2. The second kappa shape index (κ2) is 10.2. The number of aryl methyl sites for hydroxylation is 1. The number of aromatic amines is 2. The minimum absolute atomic E-state index is 0.0818. The van der Waals surface area contributed by atoms with Crippen molar-refractivity contribution in [2.45, 2.75) is 13.0 Å². The first-order valence-corrected chi connectivity index (χ1v) is 11.0. The van der Waals surface area contributed by atoms with Gasteiger partial charge in [-0.15, -0.1) is 5.11 Å². The first-order chi connectivity index (χ1) is 16.9. The van der Waals surface area contributed by atoms with Crippen LogP contribution in [0.4, 0.5) is 0 Å². The van der Waals surface area contributed by atoms with Gasteiger partial charge < -0.3 is 20.6 Å². The van der Waals surface area contributed by atoms with Crippen LogP contribution >= 0.6 is 12.2 Å². The Balaban J connectivity index is 1.72. The number of nitrogens with two attached hydrogens (primary N) is 1. The maximum Gasteiger partial charge on any atom is 0.262 e. The Morgan fingerprint density at radius 3 is 2.46 bits per heavy atom. The quantitative estimate of drug-likeness (QED) is 0.0938. The molecule has 11 heteroatoms. The summed E-state index contributed by atoms with van der Waals surface area (Å²) >= 11 is 5.25. The van der Waals surface area contributed by atoms with E-state index in [1.165, 1.54) is 4.57 Å². The molecule has 4 rings (SSSR count). The summed E-state index contributed by atoms with van der Waals surface area (Å²) in [5, 5.41) is 26.6. The Labute approximate surface area is 203 Å². The third-order valence-electron chi connectivity index (χ3n) is 5.49. The summed E-state index contributed by atoms with van der Waals surface area (Å²) in [5.74, 6) is 5.56. The predicted octanol–water partition coefficient (Wildman–Crippen LogP) is 1.56. The van der Waals surface area contributed by atoms with Crippen molar-refractivity contribution in [3.8, 4) is 11.6 Å². The lowest BCUT2D eigenvalue weighted by molar-refractivity contribution is 0.402. The number of nitrogens with zero attached hydrogens (tertiary/aromatic N) is 2. The highest BCUT2D eigenvalue weighted by Crippen LogP contribution is 2.16. The number of hydrazine groups is 1. The van der Waals surface area contributed by atoms with Crippen LogP contribution in [0.15, 0.2) is 70.6 Å². The minimum Gasteiger partial charge on any atom is -0.508 e. The molecule has 0 aliphatic carbocycles. The van der Waals surface area contributed by atoms with Crippen LogP contribution in [0.5, 0.6) is 11.6 Å². The summed E-state index contributed by atoms with van der Waals surface area (Å²) < 4.78 is 1.59. The van der Waals surface area contributed by atoms with Crippen LogP contribution in [0.2, 0.25) is 0 Å². The lowest BCUT2D eigenvalue weighted by atomic mass is 10.1. The molecule has 0 saturated carbocycles. The molecule has 0 fully saturated rings. The zero-order valence-corrected chi connectivity index (χ0v) is 19.3. The standard InChI is InChI=1S/C24H23N7O3S/c25-29-21(30-26)16-5-3-15(4-6-16)20-10-7-17(27-20)13-19-22(33)28-24(35)31(23(19)34)12-11-14-1-8-18(32)9-2-14/h1-10,13,25,27,30,32,34H,11-12,26H2,(H,28,33,35)/b17-13+,20-15?,21-16?,29-25?. The molecule has 2 aromatic heterocycles. The smallest absolute Gasteiger partial charge is 0.262 e. The maximum atomic E-state index is 12.6. The van der Waals surface area contributed by atoms with Crippen LogP contribution in [-0.2, 0) is 13.0 Å². The molecule has 178 valence electrons. The highest BCUT2D eigenvalue weighted by molar-refractivity contribution is 7.71. The molecule has 0 amide bonds. The van der Waals surface area contributed by atoms with Gasteiger partial charge in [-0.1, -0.05) is 36.4 Å². The van der Waals surface area contributed by atoms with E-state index in [2.05, 4.69) is 20.5 Å². The van der Waals surface area contributed by atoms with E-state index in [9.17, 15) is 15.0 Å². The molecule has 0 saturated heterocycles. The van der Waals surface area contributed by atoms with E-state index in [1.807, 2.05) is 18.2 Å². The normalized spacial score (nSPS) is 11.4. The summed E-state index contributed by atoms with van der Waals surface area (Å²) in [6.45, 7) is 0.344. The second-order valence-electron chi connectivity index (χ2n) is 7.72. The average Bonchev–Trinajstić information content (AvgIpc) is 3.33. The lowest BCUT2D eigenvalue weighted by Crippen LogP contribution is -2.24. The third kappa shape index (κ3) is 5.21. The Hall–Kier alpha value is -4.48. The number of H-pyrrole nitrogens is 2. The van der Waals surface area contributed by atoms with Gasteiger partial charge >= 0.3 is 0 Å². The Bertz CT molecular complexity index is 1700. The first kappa shape index (κ1) is 23.7. The van der Waals surface area contributed by atoms with Crippen molar-refractivity contribution in [1.82, 2.24) is 20.0 Å². The summed E-state index contributed by atoms with van der Waals surface area (Å²) in [4.78, 5) is 18.4. The molecule has 0 aliphatic rings. The van der Waals surface area contributed by atoms with Gasteiger partial charge in [-0.25, -0.2) is 11.4 Å². The van der Waals surface area contributed by atoms with Gasteiger partial charge in [0.15, 0.2) is 10.6 Å². The zero-order chi connectivity index (χ0) is 24.9. The molecular weight excluding hydrogens is 466 g/mol. The van der Waals surface area contributed by atoms with Gasteiger partial charge in [0, 0.05) is 22.5 Å². The number of rotatable bonds is 6. The van der Waals surface area contributed by atoms with Crippen molar-refractivity contribution in [2.24, 2.45) is 11.0 Å². The van der Waals surface area contributed by atoms with E-state index >= 15 is 0 Å². The predicted molar refractivity (Wildman–Crippen MR) is 133 cm³/mol. The van der Waals surface area contributed by atoms with Crippen LogP contribution in [-0.4, -0.2) is 24.7 Å². The monoisotopic (exact) mass is 489 g/mol. The highest BCUT2D eigenvalue weighted by Gasteiger charge is 2.11. The van der Waals surface area contributed by atoms with Crippen LogP contribution in [0.3, 0.4) is 0 Å². The largest absolute Gasteiger partial charge is 0.508 e. The molecule has 8 N–H and O–H groups in total. The Morgan fingerprint density at radius 2 is 1.80 bits per heavy atom. The third-order valence-corrected chi connectivity index (χ3v) is 5.82. The second-order valence-corrected chi connectivity index (χ2v) is 8.11. The van der Waals surface area contributed by atoms with E-state index < -0.39 is 5.56 Å². The summed E-state index contributed by atoms with van der Waals surface area (Å²) in [6, 6.07) is 17.7. The molecule has 0 bridgehead atoms. The Morgan fingerprint density at radius 1 is 1.09 bits per heavy atom.